The van der Waals surface area contributed by atoms with Crippen LogP contribution in [-0.2, 0) is 22.6 Å². The van der Waals surface area contributed by atoms with E-state index in [0.29, 0.717) is 26.2 Å². The Morgan fingerprint density at radius 3 is 2.86 bits per heavy atom. The van der Waals surface area contributed by atoms with Gasteiger partial charge < -0.3 is 15.4 Å². The smallest absolute Gasteiger partial charge is 0.234 e. The van der Waals surface area contributed by atoms with Crippen molar-refractivity contribution in [2.45, 2.75) is 13.1 Å². The summed E-state index contributed by atoms with van der Waals surface area (Å²) >= 11 is 0. The lowest BCUT2D eigenvalue weighted by atomic mass is 10.1. The second-order valence-electron chi connectivity index (χ2n) is 4.81. The zero-order chi connectivity index (χ0) is 15.6. The third kappa shape index (κ3) is 5.27. The van der Waals surface area contributed by atoms with E-state index in [1.165, 1.54) is 6.33 Å². The molecule has 0 atom stereocenters. The van der Waals surface area contributed by atoms with Gasteiger partial charge in [-0.25, -0.2) is 9.67 Å². The van der Waals surface area contributed by atoms with Crippen LogP contribution < -0.4 is 10.6 Å². The zero-order valence-corrected chi connectivity index (χ0v) is 12.7. The average molecular weight is 303 g/mol. The second kappa shape index (κ2) is 8.91. The number of carbonyl (C=O) groups excluding carboxylic acids is 1. The first kappa shape index (κ1) is 16.1. The molecule has 0 spiro atoms. The Morgan fingerprint density at radius 1 is 1.32 bits per heavy atom. The number of hydrogen-bond acceptors (Lipinski definition) is 5. The molecule has 0 fully saturated rings. The Morgan fingerprint density at radius 2 is 2.14 bits per heavy atom. The molecule has 1 heterocycles. The Kier molecular flexibility index (Phi) is 6.53. The lowest BCUT2D eigenvalue weighted by Crippen LogP contribution is -2.35. The first-order chi connectivity index (χ1) is 10.8. The van der Waals surface area contributed by atoms with E-state index in [4.69, 9.17) is 4.74 Å². The number of benzene rings is 1. The highest BCUT2D eigenvalue weighted by atomic mass is 16.5. The van der Waals surface area contributed by atoms with Crippen molar-refractivity contribution < 1.29 is 9.53 Å². The number of hydrogen-bond donors (Lipinski definition) is 2. The normalized spacial score (nSPS) is 10.6. The van der Waals surface area contributed by atoms with Crippen molar-refractivity contribution in [1.82, 2.24) is 25.4 Å². The molecule has 0 bridgehead atoms. The van der Waals surface area contributed by atoms with E-state index < -0.39 is 0 Å². The first-order valence-corrected chi connectivity index (χ1v) is 7.15. The molecule has 1 aromatic heterocycles. The van der Waals surface area contributed by atoms with Gasteiger partial charge in [-0.15, -0.1) is 0 Å². The Hall–Kier alpha value is -2.25. The first-order valence-electron chi connectivity index (χ1n) is 7.15. The lowest BCUT2D eigenvalue weighted by molar-refractivity contribution is -0.120. The number of ether oxygens (including phenoxy) is 1. The summed E-state index contributed by atoms with van der Waals surface area (Å²) in [7, 11) is 1.63. The number of rotatable bonds is 9. The molecule has 22 heavy (non-hydrogen) atoms. The van der Waals surface area contributed by atoms with E-state index >= 15 is 0 Å². The summed E-state index contributed by atoms with van der Waals surface area (Å²) < 4.78 is 6.67. The third-order valence-corrected chi connectivity index (χ3v) is 3.16. The van der Waals surface area contributed by atoms with Crippen molar-refractivity contribution in [2.24, 2.45) is 0 Å². The van der Waals surface area contributed by atoms with Gasteiger partial charge in [-0.2, -0.15) is 5.10 Å². The summed E-state index contributed by atoms with van der Waals surface area (Å²) in [6, 6.07) is 7.97. The maximum absolute atomic E-state index is 11.8. The Bertz CT molecular complexity index is 571. The zero-order valence-electron chi connectivity index (χ0n) is 12.7. The second-order valence-corrected chi connectivity index (χ2v) is 4.81. The molecule has 0 unspecified atom stereocenters. The lowest BCUT2D eigenvalue weighted by Gasteiger charge is -2.11. The molecule has 1 amide bonds. The standard InChI is InChI=1S/C15H21N5O2/c1-22-7-6-16-9-15(21)18-8-13-4-2-3-5-14(13)10-20-12-17-11-19-20/h2-5,11-12,16H,6-10H2,1H3,(H,18,21). The van der Waals surface area contributed by atoms with Crippen LogP contribution in [0.2, 0.25) is 0 Å². The van der Waals surface area contributed by atoms with Crippen LogP contribution in [0.1, 0.15) is 11.1 Å². The fourth-order valence-electron chi connectivity index (χ4n) is 2.01. The van der Waals surface area contributed by atoms with Gasteiger partial charge in [-0.1, -0.05) is 24.3 Å². The number of carbonyl (C=O) groups is 1. The molecule has 0 aliphatic carbocycles. The summed E-state index contributed by atoms with van der Waals surface area (Å²) in [5.74, 6) is -0.0355. The molecule has 7 nitrogen and oxygen atoms in total. The highest BCUT2D eigenvalue weighted by Gasteiger charge is 2.05. The molecule has 1 aromatic carbocycles. The van der Waals surface area contributed by atoms with Crippen molar-refractivity contribution in [3.8, 4) is 0 Å². The summed E-state index contributed by atoms with van der Waals surface area (Å²) in [6.07, 6.45) is 3.19. The largest absolute Gasteiger partial charge is 0.383 e. The quantitative estimate of drug-likeness (QED) is 0.646. The minimum Gasteiger partial charge on any atom is -0.383 e. The number of nitrogens with zero attached hydrogens (tertiary/aromatic N) is 3. The van der Waals surface area contributed by atoms with Crippen LogP contribution in [0.4, 0.5) is 0 Å². The molecule has 2 rings (SSSR count). The van der Waals surface area contributed by atoms with E-state index in [0.717, 1.165) is 11.1 Å². The van der Waals surface area contributed by atoms with Crippen molar-refractivity contribution in [1.29, 1.82) is 0 Å². The van der Waals surface area contributed by atoms with E-state index in [9.17, 15) is 4.79 Å². The fraction of sp³-hybridized carbons (Fsp3) is 0.400. The molecule has 0 radical (unpaired) electrons. The van der Waals surface area contributed by atoms with Gasteiger partial charge in [0.15, 0.2) is 0 Å². The fourth-order valence-corrected chi connectivity index (χ4v) is 2.01. The Balaban J connectivity index is 1.83. The van der Waals surface area contributed by atoms with Crippen LogP contribution in [-0.4, -0.2) is 47.5 Å². The van der Waals surface area contributed by atoms with Gasteiger partial charge in [0.25, 0.3) is 0 Å². The minimum atomic E-state index is -0.0355. The van der Waals surface area contributed by atoms with E-state index in [1.807, 2.05) is 24.3 Å². The monoisotopic (exact) mass is 303 g/mol. The molecule has 118 valence electrons. The number of methoxy groups -OCH3 is 1. The minimum absolute atomic E-state index is 0.0355. The SMILES string of the molecule is COCCNCC(=O)NCc1ccccc1Cn1cncn1. The topological polar surface area (TPSA) is 81.1 Å². The summed E-state index contributed by atoms with van der Waals surface area (Å²) in [6.45, 7) is 2.67. The molecule has 2 aromatic rings. The van der Waals surface area contributed by atoms with E-state index in [2.05, 4.69) is 20.7 Å². The van der Waals surface area contributed by atoms with Crippen LogP contribution in [0.5, 0.6) is 0 Å². The van der Waals surface area contributed by atoms with Gasteiger partial charge in [0.1, 0.15) is 12.7 Å². The van der Waals surface area contributed by atoms with Gasteiger partial charge in [-0.05, 0) is 11.1 Å². The highest BCUT2D eigenvalue weighted by molar-refractivity contribution is 5.78. The van der Waals surface area contributed by atoms with Crippen LogP contribution in [0.25, 0.3) is 0 Å². The molecular weight excluding hydrogens is 282 g/mol. The molecule has 0 aliphatic heterocycles. The Labute approximate surface area is 129 Å². The summed E-state index contributed by atoms with van der Waals surface area (Å²) in [4.78, 5) is 15.7. The predicted molar refractivity (Wildman–Crippen MR) is 82.2 cm³/mol. The van der Waals surface area contributed by atoms with Gasteiger partial charge in [0, 0.05) is 20.2 Å². The number of amides is 1. The third-order valence-electron chi connectivity index (χ3n) is 3.16. The van der Waals surface area contributed by atoms with Crippen molar-refractivity contribution in [3.63, 3.8) is 0 Å². The van der Waals surface area contributed by atoms with Crippen molar-refractivity contribution in [2.75, 3.05) is 26.8 Å². The van der Waals surface area contributed by atoms with Crippen LogP contribution >= 0.6 is 0 Å². The van der Waals surface area contributed by atoms with Crippen LogP contribution in [0, 0.1) is 0 Å². The van der Waals surface area contributed by atoms with Gasteiger partial charge >= 0.3 is 0 Å². The molecule has 2 N–H and O–H groups in total. The van der Waals surface area contributed by atoms with Gasteiger partial charge in [-0.3, -0.25) is 4.79 Å². The van der Waals surface area contributed by atoms with Gasteiger partial charge in [0.2, 0.25) is 5.91 Å². The van der Waals surface area contributed by atoms with E-state index in [1.54, 1.807) is 18.1 Å². The highest BCUT2D eigenvalue weighted by Crippen LogP contribution is 2.09. The molecule has 0 aliphatic rings. The maximum Gasteiger partial charge on any atom is 0.234 e. The summed E-state index contributed by atoms with van der Waals surface area (Å²) in [5, 5.41) is 10.0. The number of nitrogens with one attached hydrogen (secondary N) is 2. The molecule has 0 saturated carbocycles. The van der Waals surface area contributed by atoms with Crippen LogP contribution in [0.15, 0.2) is 36.9 Å². The molecule has 0 saturated heterocycles. The molecular formula is C15H21N5O2. The number of aromatic nitrogens is 3. The van der Waals surface area contributed by atoms with E-state index in [-0.39, 0.29) is 12.5 Å². The predicted octanol–water partition coefficient (Wildman–Crippen LogP) is 0.179. The maximum atomic E-state index is 11.8. The van der Waals surface area contributed by atoms with Crippen molar-refractivity contribution in [3.05, 3.63) is 48.0 Å². The van der Waals surface area contributed by atoms with Crippen LogP contribution in [0.3, 0.4) is 0 Å². The van der Waals surface area contributed by atoms with Crippen molar-refractivity contribution >= 4 is 5.91 Å². The summed E-state index contributed by atoms with van der Waals surface area (Å²) in [5.41, 5.74) is 2.18. The molecule has 7 heteroatoms. The average Bonchev–Trinajstić information content (AvgIpc) is 3.04. The van der Waals surface area contributed by atoms with Gasteiger partial charge in [0.05, 0.1) is 19.7 Å².